The van der Waals surface area contributed by atoms with Crippen molar-refractivity contribution in [3.05, 3.63) is 18.2 Å². The number of rotatable bonds is 11. The molecule has 7 heteroatoms. The third kappa shape index (κ3) is 6.32. The van der Waals surface area contributed by atoms with Gasteiger partial charge in [-0.25, -0.2) is 13.1 Å². The highest BCUT2D eigenvalue weighted by Crippen LogP contribution is 2.29. The zero-order valence-corrected chi connectivity index (χ0v) is 15.8. The molecule has 1 amide bonds. The fourth-order valence-corrected chi connectivity index (χ4v) is 3.87. The van der Waals surface area contributed by atoms with Crippen LogP contribution < -0.4 is 14.8 Å². The third-order valence-corrected chi connectivity index (χ3v) is 5.68. The Hall–Kier alpha value is -1.60. The number of ether oxygens (including phenoxy) is 1. The molecule has 1 fully saturated rings. The molecule has 1 aliphatic rings. The Morgan fingerprint density at radius 1 is 1.20 bits per heavy atom. The van der Waals surface area contributed by atoms with Crippen LogP contribution in [0.2, 0.25) is 0 Å². The van der Waals surface area contributed by atoms with Crippen molar-refractivity contribution in [3.63, 3.8) is 0 Å². The summed E-state index contributed by atoms with van der Waals surface area (Å²) >= 11 is 0. The number of benzene rings is 1. The SMILES string of the molecule is CCCCCCCC(=O)Nc1cc(S(=O)(=O)NC2CC2)ccc1OC. The van der Waals surface area contributed by atoms with Crippen LogP contribution in [0.25, 0.3) is 0 Å². The Balaban J connectivity index is 2.00. The quantitative estimate of drug-likeness (QED) is 0.586. The van der Waals surface area contributed by atoms with Crippen LogP contribution in [-0.2, 0) is 14.8 Å². The number of sulfonamides is 1. The first kappa shape index (κ1) is 19.7. The van der Waals surface area contributed by atoms with Gasteiger partial charge in [0.05, 0.1) is 17.7 Å². The lowest BCUT2D eigenvalue weighted by Crippen LogP contribution is -2.25. The second-order valence-electron chi connectivity index (χ2n) is 6.47. The van der Waals surface area contributed by atoms with Crippen LogP contribution >= 0.6 is 0 Å². The molecule has 25 heavy (non-hydrogen) atoms. The van der Waals surface area contributed by atoms with E-state index >= 15 is 0 Å². The predicted octanol–water partition coefficient (Wildman–Crippen LogP) is 3.43. The summed E-state index contributed by atoms with van der Waals surface area (Å²) in [6.07, 6.45) is 7.50. The molecular weight excluding hydrogens is 340 g/mol. The molecule has 0 aliphatic heterocycles. The number of methoxy groups -OCH3 is 1. The van der Waals surface area contributed by atoms with Gasteiger partial charge in [-0.05, 0) is 37.5 Å². The van der Waals surface area contributed by atoms with Crippen molar-refractivity contribution in [2.75, 3.05) is 12.4 Å². The molecule has 140 valence electrons. The molecule has 0 aromatic heterocycles. The van der Waals surface area contributed by atoms with Gasteiger partial charge in [-0.15, -0.1) is 0 Å². The van der Waals surface area contributed by atoms with E-state index in [0.29, 0.717) is 17.9 Å². The van der Waals surface area contributed by atoms with Crippen molar-refractivity contribution in [1.29, 1.82) is 0 Å². The first-order chi connectivity index (χ1) is 12.0. The Bertz CT molecular complexity index is 684. The smallest absolute Gasteiger partial charge is 0.240 e. The maximum absolute atomic E-state index is 12.3. The number of unbranched alkanes of at least 4 members (excludes halogenated alkanes) is 4. The molecule has 0 unspecified atom stereocenters. The van der Waals surface area contributed by atoms with E-state index in [2.05, 4.69) is 17.0 Å². The van der Waals surface area contributed by atoms with E-state index in [1.165, 1.54) is 32.1 Å². The average molecular weight is 368 g/mol. The van der Waals surface area contributed by atoms with Crippen LogP contribution in [0.15, 0.2) is 23.1 Å². The van der Waals surface area contributed by atoms with E-state index in [-0.39, 0.29) is 16.8 Å². The molecule has 0 saturated heterocycles. The van der Waals surface area contributed by atoms with Crippen LogP contribution in [-0.4, -0.2) is 27.5 Å². The number of carbonyl (C=O) groups excluding carboxylic acids is 1. The Morgan fingerprint density at radius 2 is 1.92 bits per heavy atom. The van der Waals surface area contributed by atoms with Gasteiger partial charge in [-0.1, -0.05) is 32.6 Å². The second kappa shape index (κ2) is 9.20. The standard InChI is InChI=1S/C18H28N2O4S/c1-3-4-5-6-7-8-18(21)19-16-13-15(11-12-17(16)24-2)25(22,23)20-14-9-10-14/h11-14,20H,3-10H2,1-2H3,(H,19,21). The topological polar surface area (TPSA) is 84.5 Å². The van der Waals surface area contributed by atoms with Gasteiger partial charge >= 0.3 is 0 Å². The summed E-state index contributed by atoms with van der Waals surface area (Å²) in [5.74, 6) is 0.323. The number of amides is 1. The normalized spacial score (nSPS) is 14.3. The van der Waals surface area contributed by atoms with Crippen molar-refractivity contribution in [2.24, 2.45) is 0 Å². The highest BCUT2D eigenvalue weighted by Gasteiger charge is 2.28. The number of hydrogen-bond donors (Lipinski definition) is 2. The third-order valence-electron chi connectivity index (χ3n) is 4.16. The maximum atomic E-state index is 12.3. The molecule has 0 atom stereocenters. The van der Waals surface area contributed by atoms with Crippen molar-refractivity contribution >= 4 is 21.6 Å². The van der Waals surface area contributed by atoms with Crippen LogP contribution in [0, 0.1) is 0 Å². The minimum atomic E-state index is -3.56. The van der Waals surface area contributed by atoms with Gasteiger partial charge in [0.2, 0.25) is 15.9 Å². The van der Waals surface area contributed by atoms with E-state index < -0.39 is 10.0 Å². The molecule has 0 radical (unpaired) electrons. The van der Waals surface area contributed by atoms with Crippen LogP contribution in [0.4, 0.5) is 5.69 Å². The van der Waals surface area contributed by atoms with Gasteiger partial charge in [-0.2, -0.15) is 0 Å². The zero-order valence-electron chi connectivity index (χ0n) is 15.0. The van der Waals surface area contributed by atoms with Crippen LogP contribution in [0.1, 0.15) is 58.3 Å². The monoisotopic (exact) mass is 368 g/mol. The van der Waals surface area contributed by atoms with Crippen molar-refractivity contribution < 1.29 is 17.9 Å². The summed E-state index contributed by atoms with van der Waals surface area (Å²) in [6, 6.07) is 4.55. The Labute approximate surface area is 150 Å². The molecule has 1 aromatic carbocycles. The summed E-state index contributed by atoms with van der Waals surface area (Å²) in [5, 5.41) is 2.78. The molecule has 1 saturated carbocycles. The minimum absolute atomic E-state index is 0.0354. The highest BCUT2D eigenvalue weighted by molar-refractivity contribution is 7.89. The van der Waals surface area contributed by atoms with Gasteiger partial charge in [-0.3, -0.25) is 4.79 Å². The zero-order chi connectivity index (χ0) is 18.3. The predicted molar refractivity (Wildman–Crippen MR) is 98.3 cm³/mol. The summed E-state index contributed by atoms with van der Waals surface area (Å²) in [5.41, 5.74) is 0.389. The van der Waals surface area contributed by atoms with Gasteiger partial charge in [0.25, 0.3) is 0 Å². The van der Waals surface area contributed by atoms with Gasteiger partial charge in [0, 0.05) is 12.5 Å². The highest BCUT2D eigenvalue weighted by atomic mass is 32.2. The molecule has 0 bridgehead atoms. The Kier molecular flexibility index (Phi) is 7.25. The first-order valence-electron chi connectivity index (χ1n) is 8.96. The summed E-state index contributed by atoms with van der Waals surface area (Å²) < 4.78 is 32.5. The van der Waals surface area contributed by atoms with Gasteiger partial charge in [0.15, 0.2) is 0 Å². The van der Waals surface area contributed by atoms with E-state index in [4.69, 9.17) is 4.74 Å². The Morgan fingerprint density at radius 3 is 2.56 bits per heavy atom. The van der Waals surface area contributed by atoms with Gasteiger partial charge < -0.3 is 10.1 Å². The second-order valence-corrected chi connectivity index (χ2v) is 8.18. The van der Waals surface area contributed by atoms with Crippen molar-refractivity contribution in [2.45, 2.75) is 69.2 Å². The van der Waals surface area contributed by atoms with Crippen LogP contribution in [0.3, 0.4) is 0 Å². The lowest BCUT2D eigenvalue weighted by molar-refractivity contribution is -0.116. The van der Waals surface area contributed by atoms with Crippen molar-refractivity contribution in [3.8, 4) is 5.75 Å². The van der Waals surface area contributed by atoms with Crippen LogP contribution in [0.5, 0.6) is 5.75 Å². The fourth-order valence-electron chi connectivity index (χ4n) is 2.54. The molecule has 0 spiro atoms. The molecular formula is C18H28N2O4S. The average Bonchev–Trinajstić information content (AvgIpc) is 3.38. The summed E-state index contributed by atoms with van der Waals surface area (Å²) in [6.45, 7) is 2.15. The molecule has 6 nitrogen and oxygen atoms in total. The molecule has 2 N–H and O–H groups in total. The van der Waals surface area contributed by atoms with E-state index in [1.54, 1.807) is 6.07 Å². The molecule has 1 aromatic rings. The number of hydrogen-bond acceptors (Lipinski definition) is 4. The molecule has 1 aliphatic carbocycles. The molecule has 2 rings (SSSR count). The lowest BCUT2D eigenvalue weighted by atomic mass is 10.1. The number of nitrogens with one attached hydrogen (secondary N) is 2. The largest absolute Gasteiger partial charge is 0.495 e. The van der Waals surface area contributed by atoms with Crippen molar-refractivity contribution in [1.82, 2.24) is 4.72 Å². The van der Waals surface area contributed by atoms with E-state index in [1.807, 2.05) is 0 Å². The van der Waals surface area contributed by atoms with E-state index in [9.17, 15) is 13.2 Å². The van der Waals surface area contributed by atoms with Gasteiger partial charge in [0.1, 0.15) is 5.75 Å². The number of carbonyl (C=O) groups is 1. The summed E-state index contributed by atoms with van der Waals surface area (Å²) in [4.78, 5) is 12.3. The summed E-state index contributed by atoms with van der Waals surface area (Å²) in [7, 11) is -2.07. The lowest BCUT2D eigenvalue weighted by Gasteiger charge is -2.13. The molecule has 0 heterocycles. The number of anilines is 1. The fraction of sp³-hybridized carbons (Fsp3) is 0.611. The first-order valence-corrected chi connectivity index (χ1v) is 10.4. The van der Waals surface area contributed by atoms with E-state index in [0.717, 1.165) is 32.1 Å². The maximum Gasteiger partial charge on any atom is 0.240 e. The minimum Gasteiger partial charge on any atom is -0.495 e.